The van der Waals surface area contributed by atoms with Gasteiger partial charge in [-0.1, -0.05) is 6.07 Å². The summed E-state index contributed by atoms with van der Waals surface area (Å²) < 4.78 is 24.1. The minimum absolute atomic E-state index is 0.259. The van der Waals surface area contributed by atoms with E-state index in [1.807, 2.05) is 6.07 Å². The number of carbonyl (C=O) groups is 1. The molecule has 2 aromatic carbocycles. The maximum Gasteiger partial charge on any atom is 0.246 e. The number of nitrogens with one attached hydrogen (secondary N) is 2. The van der Waals surface area contributed by atoms with Crippen LogP contribution in [-0.2, 0) is 4.79 Å². The first-order valence-electron chi connectivity index (χ1n) is 7.34. The van der Waals surface area contributed by atoms with Crippen molar-refractivity contribution in [2.75, 3.05) is 23.8 Å². The van der Waals surface area contributed by atoms with Gasteiger partial charge in [0.1, 0.15) is 25.1 Å². The fourth-order valence-corrected chi connectivity index (χ4v) is 2.27. The van der Waals surface area contributed by atoms with Gasteiger partial charge in [0, 0.05) is 17.4 Å². The normalized spacial score (nSPS) is 14.0. The number of fused-ring (bicyclic) bond motifs is 1. The number of hydrogen-bond donors (Lipinski definition) is 2. The molecule has 6 heteroatoms. The van der Waals surface area contributed by atoms with Crippen molar-refractivity contribution in [1.82, 2.24) is 0 Å². The van der Waals surface area contributed by atoms with Crippen molar-refractivity contribution in [3.63, 3.8) is 0 Å². The number of rotatable bonds is 4. The number of anilines is 2. The monoisotopic (exact) mass is 316 g/mol. The molecular formula is C17H17FN2O3. The van der Waals surface area contributed by atoms with E-state index in [1.54, 1.807) is 31.2 Å². The molecule has 0 saturated carbocycles. The summed E-state index contributed by atoms with van der Waals surface area (Å²) in [4.78, 5) is 12.2. The third-order valence-electron chi connectivity index (χ3n) is 3.41. The van der Waals surface area contributed by atoms with Crippen molar-refractivity contribution < 1.29 is 18.7 Å². The average Bonchev–Trinajstić information content (AvgIpc) is 2.54. The quantitative estimate of drug-likeness (QED) is 0.910. The van der Waals surface area contributed by atoms with Gasteiger partial charge in [0.05, 0.1) is 0 Å². The molecule has 23 heavy (non-hydrogen) atoms. The minimum atomic E-state index is -0.499. The summed E-state index contributed by atoms with van der Waals surface area (Å²) in [6.45, 7) is 2.77. The zero-order chi connectivity index (χ0) is 16.2. The summed E-state index contributed by atoms with van der Waals surface area (Å²) >= 11 is 0. The van der Waals surface area contributed by atoms with Crippen LogP contribution in [-0.4, -0.2) is 25.2 Å². The number of hydrogen-bond acceptors (Lipinski definition) is 4. The van der Waals surface area contributed by atoms with Crippen molar-refractivity contribution >= 4 is 17.3 Å². The highest BCUT2D eigenvalue weighted by molar-refractivity contribution is 5.96. The lowest BCUT2D eigenvalue weighted by atomic mass is 10.2. The molecule has 0 saturated heterocycles. The molecule has 1 aliphatic rings. The van der Waals surface area contributed by atoms with E-state index in [9.17, 15) is 9.18 Å². The van der Waals surface area contributed by atoms with Crippen molar-refractivity contribution in [1.29, 1.82) is 0 Å². The number of halogens is 1. The Hall–Kier alpha value is -2.76. The molecule has 0 spiro atoms. The Morgan fingerprint density at radius 2 is 1.87 bits per heavy atom. The van der Waals surface area contributed by atoms with Crippen LogP contribution in [0.3, 0.4) is 0 Å². The summed E-state index contributed by atoms with van der Waals surface area (Å²) in [5.74, 6) is 0.693. The zero-order valence-corrected chi connectivity index (χ0v) is 12.6. The summed E-state index contributed by atoms with van der Waals surface area (Å²) in [5, 5.41) is 5.75. The third-order valence-corrected chi connectivity index (χ3v) is 3.41. The molecule has 5 nitrogen and oxygen atoms in total. The van der Waals surface area contributed by atoms with E-state index in [1.165, 1.54) is 12.1 Å². The first-order chi connectivity index (χ1) is 11.1. The van der Waals surface area contributed by atoms with Crippen molar-refractivity contribution in [3.05, 3.63) is 48.3 Å². The van der Waals surface area contributed by atoms with Gasteiger partial charge in [0.2, 0.25) is 5.91 Å². The van der Waals surface area contributed by atoms with Gasteiger partial charge in [-0.05, 0) is 37.3 Å². The maximum absolute atomic E-state index is 13.1. The second-order valence-corrected chi connectivity index (χ2v) is 5.22. The second kappa shape index (κ2) is 6.56. The minimum Gasteiger partial charge on any atom is -0.486 e. The van der Waals surface area contributed by atoms with Gasteiger partial charge in [0.15, 0.2) is 11.5 Å². The number of carbonyl (C=O) groups excluding carboxylic acids is 1. The van der Waals surface area contributed by atoms with Crippen LogP contribution >= 0.6 is 0 Å². The van der Waals surface area contributed by atoms with E-state index in [-0.39, 0.29) is 5.91 Å². The smallest absolute Gasteiger partial charge is 0.246 e. The molecule has 120 valence electrons. The summed E-state index contributed by atoms with van der Waals surface area (Å²) in [6.07, 6.45) is 0. The largest absolute Gasteiger partial charge is 0.486 e. The highest BCUT2D eigenvalue weighted by atomic mass is 19.1. The van der Waals surface area contributed by atoms with Crippen molar-refractivity contribution in [3.8, 4) is 11.5 Å². The lowest BCUT2D eigenvalue weighted by Gasteiger charge is -2.20. The van der Waals surface area contributed by atoms with Crippen LogP contribution in [0.1, 0.15) is 6.92 Å². The summed E-state index contributed by atoms with van der Waals surface area (Å²) in [5.41, 5.74) is 1.17. The second-order valence-electron chi connectivity index (χ2n) is 5.22. The van der Waals surface area contributed by atoms with Gasteiger partial charge in [0.25, 0.3) is 0 Å². The van der Waals surface area contributed by atoms with Crippen LogP contribution in [0.15, 0.2) is 42.5 Å². The molecule has 1 unspecified atom stereocenters. The molecule has 3 rings (SSSR count). The maximum atomic E-state index is 13.1. The highest BCUT2D eigenvalue weighted by Gasteiger charge is 2.16. The number of amides is 1. The van der Waals surface area contributed by atoms with Gasteiger partial charge >= 0.3 is 0 Å². The number of benzene rings is 2. The van der Waals surface area contributed by atoms with E-state index in [0.717, 1.165) is 5.69 Å². The predicted octanol–water partition coefficient (Wildman–Crippen LogP) is 3.04. The van der Waals surface area contributed by atoms with Gasteiger partial charge in [-0.2, -0.15) is 0 Å². The van der Waals surface area contributed by atoms with Crippen LogP contribution in [0.5, 0.6) is 11.5 Å². The Morgan fingerprint density at radius 3 is 2.65 bits per heavy atom. The van der Waals surface area contributed by atoms with Gasteiger partial charge < -0.3 is 20.1 Å². The van der Waals surface area contributed by atoms with E-state index < -0.39 is 11.9 Å². The van der Waals surface area contributed by atoms with Crippen LogP contribution < -0.4 is 20.1 Å². The number of ether oxygens (including phenoxy) is 2. The topological polar surface area (TPSA) is 59.6 Å². The van der Waals surface area contributed by atoms with Crippen LogP contribution in [0.4, 0.5) is 15.8 Å². The first-order valence-corrected chi connectivity index (χ1v) is 7.34. The van der Waals surface area contributed by atoms with Gasteiger partial charge in [-0.3, -0.25) is 4.79 Å². The van der Waals surface area contributed by atoms with Crippen LogP contribution in [0.25, 0.3) is 0 Å². The van der Waals surface area contributed by atoms with Crippen LogP contribution in [0, 0.1) is 5.82 Å². The fraction of sp³-hybridized carbons (Fsp3) is 0.235. The first kappa shape index (κ1) is 15.1. The van der Waals surface area contributed by atoms with Gasteiger partial charge in [-0.25, -0.2) is 4.39 Å². The Bertz CT molecular complexity index is 721. The molecule has 1 amide bonds. The van der Waals surface area contributed by atoms with E-state index >= 15 is 0 Å². The van der Waals surface area contributed by atoms with E-state index in [4.69, 9.17) is 9.47 Å². The lowest BCUT2D eigenvalue weighted by Crippen LogP contribution is -2.31. The standard InChI is InChI=1S/C17H17FN2O3/c1-11(17(21)20-13-4-2-3-12(18)9-13)19-14-5-6-15-16(10-14)23-8-7-22-15/h2-6,9-11,19H,7-8H2,1H3,(H,20,21). The molecule has 0 aromatic heterocycles. The SMILES string of the molecule is CC(Nc1ccc2c(c1)OCCO2)C(=O)Nc1cccc(F)c1. The molecule has 0 bridgehead atoms. The van der Waals surface area contributed by atoms with Crippen LogP contribution in [0.2, 0.25) is 0 Å². The summed E-state index contributed by atoms with van der Waals surface area (Å²) in [6, 6.07) is 10.7. The third kappa shape index (κ3) is 3.71. The Kier molecular flexibility index (Phi) is 4.32. The molecule has 1 heterocycles. The molecule has 2 aromatic rings. The Morgan fingerprint density at radius 1 is 1.09 bits per heavy atom. The molecule has 2 N–H and O–H groups in total. The average molecular weight is 316 g/mol. The molecule has 0 aliphatic carbocycles. The van der Waals surface area contributed by atoms with E-state index in [2.05, 4.69) is 10.6 Å². The van der Waals surface area contributed by atoms with Crippen molar-refractivity contribution in [2.45, 2.75) is 13.0 Å². The Labute approximate surface area is 133 Å². The Balaban J connectivity index is 1.64. The highest BCUT2D eigenvalue weighted by Crippen LogP contribution is 2.32. The molecule has 1 aliphatic heterocycles. The lowest BCUT2D eigenvalue weighted by molar-refractivity contribution is -0.116. The molecule has 0 radical (unpaired) electrons. The zero-order valence-electron chi connectivity index (χ0n) is 12.6. The van der Waals surface area contributed by atoms with E-state index in [0.29, 0.717) is 30.4 Å². The molecule has 0 fully saturated rings. The van der Waals surface area contributed by atoms with Gasteiger partial charge in [-0.15, -0.1) is 0 Å². The molecule has 1 atom stereocenters. The molecular weight excluding hydrogens is 299 g/mol. The predicted molar refractivity (Wildman–Crippen MR) is 85.5 cm³/mol. The summed E-state index contributed by atoms with van der Waals surface area (Å²) in [7, 11) is 0. The fourth-order valence-electron chi connectivity index (χ4n) is 2.27. The van der Waals surface area contributed by atoms with Crippen molar-refractivity contribution in [2.24, 2.45) is 0 Å².